The average molecular weight is 297 g/mol. The number of rotatable bonds is 5. The minimum absolute atomic E-state index is 0.610. The van der Waals surface area contributed by atoms with Gasteiger partial charge < -0.3 is 10.2 Å². The summed E-state index contributed by atoms with van der Waals surface area (Å²) in [4.78, 5) is 2.34. The summed E-state index contributed by atoms with van der Waals surface area (Å²) in [6, 6.07) is 7.41. The van der Waals surface area contributed by atoms with Gasteiger partial charge in [0, 0.05) is 13.1 Å². The molecule has 0 spiro atoms. The smallest absolute Gasteiger partial charge is 0.229 e. The number of nitrogens with one attached hydrogen (secondary N) is 2. The summed E-state index contributed by atoms with van der Waals surface area (Å²) in [6.45, 7) is 3.13. The number of nitrogens with zero attached hydrogens (tertiary/aromatic N) is 1. The van der Waals surface area contributed by atoms with Gasteiger partial charge in [0.1, 0.15) is 0 Å². The van der Waals surface area contributed by atoms with Crippen molar-refractivity contribution in [2.45, 2.75) is 12.8 Å². The molecule has 1 fully saturated rings. The van der Waals surface area contributed by atoms with Crippen LogP contribution < -0.4 is 10.0 Å². The lowest BCUT2D eigenvalue weighted by Crippen LogP contribution is -2.35. The molecule has 1 aliphatic rings. The molecule has 0 amide bonds. The highest BCUT2D eigenvalue weighted by molar-refractivity contribution is 7.92. The number of para-hydroxylation sites is 2. The van der Waals surface area contributed by atoms with Crippen molar-refractivity contribution in [1.29, 1.82) is 0 Å². The van der Waals surface area contributed by atoms with Gasteiger partial charge in [-0.1, -0.05) is 12.1 Å². The fourth-order valence-corrected chi connectivity index (χ4v) is 3.20. The van der Waals surface area contributed by atoms with Gasteiger partial charge >= 0.3 is 0 Å². The van der Waals surface area contributed by atoms with Crippen molar-refractivity contribution >= 4 is 21.4 Å². The Morgan fingerprint density at radius 3 is 2.65 bits per heavy atom. The number of anilines is 2. The van der Waals surface area contributed by atoms with Crippen LogP contribution in [0.15, 0.2) is 24.3 Å². The van der Waals surface area contributed by atoms with Gasteiger partial charge in [-0.15, -0.1) is 0 Å². The molecule has 0 aromatic heterocycles. The van der Waals surface area contributed by atoms with Crippen LogP contribution in [-0.4, -0.2) is 46.3 Å². The van der Waals surface area contributed by atoms with E-state index in [0.717, 1.165) is 18.8 Å². The van der Waals surface area contributed by atoms with Crippen LogP contribution in [0.4, 0.5) is 11.4 Å². The molecule has 0 saturated carbocycles. The predicted octanol–water partition coefficient (Wildman–Crippen LogP) is 1.81. The van der Waals surface area contributed by atoms with E-state index in [-0.39, 0.29) is 0 Å². The van der Waals surface area contributed by atoms with E-state index >= 15 is 0 Å². The fraction of sp³-hybridized carbons (Fsp3) is 0.571. The SMILES string of the molecule is CN1CCCC(CNc2ccccc2NS(C)(=O)=O)C1. The number of likely N-dealkylation sites (tertiary alicyclic amines) is 1. The molecule has 20 heavy (non-hydrogen) atoms. The summed E-state index contributed by atoms with van der Waals surface area (Å²) in [5.41, 5.74) is 1.45. The maximum Gasteiger partial charge on any atom is 0.229 e. The van der Waals surface area contributed by atoms with Crippen molar-refractivity contribution in [3.63, 3.8) is 0 Å². The topological polar surface area (TPSA) is 61.4 Å². The zero-order valence-electron chi connectivity index (χ0n) is 12.1. The Bertz CT molecular complexity index is 545. The van der Waals surface area contributed by atoms with Gasteiger partial charge in [0.15, 0.2) is 0 Å². The predicted molar refractivity (Wildman–Crippen MR) is 83.6 cm³/mol. The zero-order valence-corrected chi connectivity index (χ0v) is 12.9. The number of piperidine rings is 1. The standard InChI is InChI=1S/C14H23N3O2S/c1-17-9-5-6-12(11-17)10-15-13-7-3-4-8-14(13)16-20(2,18)19/h3-4,7-8,12,15-16H,5-6,9-11H2,1-2H3. The Balaban J connectivity index is 1.98. The van der Waals surface area contributed by atoms with Crippen molar-refractivity contribution in [2.24, 2.45) is 5.92 Å². The lowest BCUT2D eigenvalue weighted by Gasteiger charge is -2.30. The summed E-state index contributed by atoms with van der Waals surface area (Å²) < 4.78 is 25.3. The second-order valence-electron chi connectivity index (χ2n) is 5.57. The molecular formula is C14H23N3O2S. The monoisotopic (exact) mass is 297 g/mol. The molecule has 1 aromatic rings. The minimum Gasteiger partial charge on any atom is -0.383 e. The second-order valence-corrected chi connectivity index (χ2v) is 7.32. The van der Waals surface area contributed by atoms with E-state index in [1.807, 2.05) is 18.2 Å². The first-order chi connectivity index (χ1) is 9.44. The van der Waals surface area contributed by atoms with E-state index in [2.05, 4.69) is 22.0 Å². The first-order valence-electron chi connectivity index (χ1n) is 6.93. The molecule has 1 saturated heterocycles. The Hall–Kier alpha value is -1.27. The third-order valence-corrected chi connectivity index (χ3v) is 4.12. The average Bonchev–Trinajstić information content (AvgIpc) is 2.36. The van der Waals surface area contributed by atoms with Crippen molar-refractivity contribution < 1.29 is 8.42 Å². The van der Waals surface area contributed by atoms with Gasteiger partial charge in [-0.3, -0.25) is 4.72 Å². The summed E-state index contributed by atoms with van der Waals surface area (Å²) in [5, 5.41) is 3.37. The van der Waals surface area contributed by atoms with E-state index in [1.54, 1.807) is 6.07 Å². The molecule has 1 aromatic carbocycles. The second kappa shape index (κ2) is 6.45. The zero-order chi connectivity index (χ0) is 14.6. The molecule has 5 nitrogen and oxygen atoms in total. The van der Waals surface area contributed by atoms with Gasteiger partial charge in [-0.2, -0.15) is 0 Å². The highest BCUT2D eigenvalue weighted by atomic mass is 32.2. The minimum atomic E-state index is -3.25. The highest BCUT2D eigenvalue weighted by Crippen LogP contribution is 2.23. The lowest BCUT2D eigenvalue weighted by molar-refractivity contribution is 0.217. The van der Waals surface area contributed by atoms with E-state index in [4.69, 9.17) is 0 Å². The van der Waals surface area contributed by atoms with E-state index in [0.29, 0.717) is 11.6 Å². The largest absolute Gasteiger partial charge is 0.383 e. The molecule has 0 aliphatic carbocycles. The highest BCUT2D eigenvalue weighted by Gasteiger charge is 2.17. The van der Waals surface area contributed by atoms with Crippen LogP contribution in [0, 0.1) is 5.92 Å². The van der Waals surface area contributed by atoms with Crippen molar-refractivity contribution in [3.8, 4) is 0 Å². The van der Waals surface area contributed by atoms with E-state index in [9.17, 15) is 8.42 Å². The van der Waals surface area contributed by atoms with Gasteiger partial charge in [0.25, 0.3) is 0 Å². The number of hydrogen-bond donors (Lipinski definition) is 2. The summed E-state index contributed by atoms with van der Waals surface area (Å²) in [7, 11) is -1.11. The molecule has 1 aliphatic heterocycles. The summed E-state index contributed by atoms with van der Waals surface area (Å²) in [5.74, 6) is 0.611. The normalized spacial score (nSPS) is 20.6. The third kappa shape index (κ3) is 4.68. The molecule has 1 atom stereocenters. The Morgan fingerprint density at radius 1 is 1.30 bits per heavy atom. The van der Waals surface area contributed by atoms with E-state index < -0.39 is 10.0 Å². The number of sulfonamides is 1. The van der Waals surface area contributed by atoms with Crippen LogP contribution in [0.25, 0.3) is 0 Å². The third-order valence-electron chi connectivity index (χ3n) is 3.53. The molecule has 0 radical (unpaired) electrons. The van der Waals surface area contributed by atoms with Crippen LogP contribution in [0.2, 0.25) is 0 Å². The van der Waals surface area contributed by atoms with Gasteiger partial charge in [-0.05, 0) is 44.5 Å². The first kappa shape index (κ1) is 15.1. The lowest BCUT2D eigenvalue weighted by atomic mass is 9.98. The molecule has 112 valence electrons. The maximum atomic E-state index is 11.4. The van der Waals surface area contributed by atoms with Gasteiger partial charge in [0.2, 0.25) is 10.0 Å². The molecular weight excluding hydrogens is 274 g/mol. The van der Waals surface area contributed by atoms with Crippen LogP contribution in [-0.2, 0) is 10.0 Å². The Kier molecular flexibility index (Phi) is 4.88. The maximum absolute atomic E-state index is 11.4. The van der Waals surface area contributed by atoms with Crippen LogP contribution >= 0.6 is 0 Å². The molecule has 2 rings (SSSR count). The molecule has 6 heteroatoms. The van der Waals surface area contributed by atoms with Crippen molar-refractivity contribution in [2.75, 3.05) is 43.0 Å². The van der Waals surface area contributed by atoms with Gasteiger partial charge in [0.05, 0.1) is 17.6 Å². The Morgan fingerprint density at radius 2 is 2.00 bits per heavy atom. The van der Waals surface area contributed by atoms with Crippen LogP contribution in [0.1, 0.15) is 12.8 Å². The van der Waals surface area contributed by atoms with Crippen molar-refractivity contribution in [1.82, 2.24) is 4.90 Å². The fourth-order valence-electron chi connectivity index (χ4n) is 2.62. The first-order valence-corrected chi connectivity index (χ1v) is 8.82. The van der Waals surface area contributed by atoms with Crippen LogP contribution in [0.3, 0.4) is 0 Å². The van der Waals surface area contributed by atoms with Crippen molar-refractivity contribution in [3.05, 3.63) is 24.3 Å². The molecule has 1 unspecified atom stereocenters. The van der Waals surface area contributed by atoms with Crippen LogP contribution in [0.5, 0.6) is 0 Å². The van der Waals surface area contributed by atoms with E-state index in [1.165, 1.54) is 25.6 Å². The number of hydrogen-bond acceptors (Lipinski definition) is 4. The quantitative estimate of drug-likeness (QED) is 0.870. The molecule has 2 N–H and O–H groups in total. The molecule has 1 heterocycles. The summed E-state index contributed by atoms with van der Waals surface area (Å²) >= 11 is 0. The summed E-state index contributed by atoms with van der Waals surface area (Å²) in [6.07, 6.45) is 3.62. The molecule has 0 bridgehead atoms. The van der Waals surface area contributed by atoms with Gasteiger partial charge in [-0.25, -0.2) is 8.42 Å². The Labute approximate surface area is 121 Å². The number of benzene rings is 1.